The molecule has 110 valence electrons. The predicted molar refractivity (Wildman–Crippen MR) is 88.7 cm³/mol. The quantitative estimate of drug-likeness (QED) is 0.778. The fourth-order valence-corrected chi connectivity index (χ4v) is 3.44. The number of aryl methyl sites for hydroxylation is 1. The van der Waals surface area contributed by atoms with Crippen molar-refractivity contribution < 1.29 is 0 Å². The maximum atomic E-state index is 4.24. The van der Waals surface area contributed by atoms with Gasteiger partial charge in [0, 0.05) is 37.1 Å². The van der Waals surface area contributed by atoms with E-state index in [1.807, 2.05) is 0 Å². The molecule has 0 aliphatic rings. The highest BCUT2D eigenvalue weighted by Gasteiger charge is 2.08. The Hall–Kier alpha value is -1.88. The molecule has 0 aliphatic heterocycles. The summed E-state index contributed by atoms with van der Waals surface area (Å²) in [5.41, 5.74) is 2.54. The van der Waals surface area contributed by atoms with Gasteiger partial charge in [0.1, 0.15) is 5.01 Å². The zero-order chi connectivity index (χ0) is 14.8. The summed E-state index contributed by atoms with van der Waals surface area (Å²) in [7, 11) is 2.08. The van der Waals surface area contributed by atoms with Crippen molar-refractivity contribution in [2.45, 2.75) is 26.8 Å². The normalized spacial score (nSPS) is 11.4. The number of nitrogens with zero attached hydrogens (tertiary/aromatic N) is 3. The fourth-order valence-electron chi connectivity index (χ4n) is 2.49. The lowest BCUT2D eigenvalue weighted by Gasteiger charge is -2.00. The first-order chi connectivity index (χ1) is 10.1. The average molecular weight is 300 g/mol. The van der Waals surface area contributed by atoms with Gasteiger partial charge in [-0.25, -0.2) is 0 Å². The molecule has 0 atom stereocenters. The molecule has 0 saturated carbocycles. The van der Waals surface area contributed by atoms with E-state index in [0.717, 1.165) is 23.1 Å². The summed E-state index contributed by atoms with van der Waals surface area (Å²) in [5.74, 6) is 0.615. The van der Waals surface area contributed by atoms with Gasteiger partial charge >= 0.3 is 0 Å². The molecular weight excluding hydrogens is 280 g/mol. The minimum atomic E-state index is 0.615. The summed E-state index contributed by atoms with van der Waals surface area (Å²) in [5, 5.41) is 15.1. The third-order valence-corrected chi connectivity index (χ3v) is 4.36. The SMILES string of the molecule is CC(C)Cc1nnc(NCc2cn(C)c3ccccc23)s1. The molecule has 5 heteroatoms. The maximum absolute atomic E-state index is 4.24. The van der Waals surface area contributed by atoms with E-state index >= 15 is 0 Å². The van der Waals surface area contributed by atoms with Gasteiger partial charge in [-0.15, -0.1) is 10.2 Å². The van der Waals surface area contributed by atoms with E-state index in [4.69, 9.17) is 0 Å². The Balaban J connectivity index is 1.73. The molecule has 3 rings (SSSR count). The van der Waals surface area contributed by atoms with Crippen molar-refractivity contribution in [3.05, 3.63) is 41.0 Å². The van der Waals surface area contributed by atoms with Crippen LogP contribution in [-0.2, 0) is 20.0 Å². The second kappa shape index (κ2) is 5.85. The number of nitrogens with one attached hydrogen (secondary N) is 1. The predicted octanol–water partition coefficient (Wildman–Crippen LogP) is 3.84. The Kier molecular flexibility index (Phi) is 3.92. The Morgan fingerprint density at radius 3 is 2.86 bits per heavy atom. The van der Waals surface area contributed by atoms with Crippen LogP contribution in [0.2, 0.25) is 0 Å². The molecule has 2 aromatic heterocycles. The summed E-state index contributed by atoms with van der Waals surface area (Å²) in [4.78, 5) is 0. The maximum Gasteiger partial charge on any atom is 0.205 e. The summed E-state index contributed by atoms with van der Waals surface area (Å²) < 4.78 is 2.16. The van der Waals surface area contributed by atoms with Crippen molar-refractivity contribution in [1.82, 2.24) is 14.8 Å². The van der Waals surface area contributed by atoms with Crippen LogP contribution in [0.1, 0.15) is 24.4 Å². The monoisotopic (exact) mass is 300 g/mol. The van der Waals surface area contributed by atoms with E-state index in [1.54, 1.807) is 11.3 Å². The van der Waals surface area contributed by atoms with Crippen LogP contribution in [0.25, 0.3) is 10.9 Å². The largest absolute Gasteiger partial charge is 0.356 e. The van der Waals surface area contributed by atoms with E-state index in [0.29, 0.717) is 5.92 Å². The van der Waals surface area contributed by atoms with Gasteiger partial charge in [0.05, 0.1) is 0 Å². The number of hydrogen-bond donors (Lipinski definition) is 1. The molecule has 21 heavy (non-hydrogen) atoms. The summed E-state index contributed by atoms with van der Waals surface area (Å²) >= 11 is 1.65. The molecule has 3 aromatic rings. The van der Waals surface area contributed by atoms with Crippen molar-refractivity contribution in [3.8, 4) is 0 Å². The molecule has 4 nitrogen and oxygen atoms in total. The molecule has 0 radical (unpaired) electrons. The van der Waals surface area contributed by atoms with Crippen molar-refractivity contribution in [3.63, 3.8) is 0 Å². The third-order valence-electron chi connectivity index (χ3n) is 3.46. The highest BCUT2D eigenvalue weighted by molar-refractivity contribution is 7.15. The van der Waals surface area contributed by atoms with Crippen molar-refractivity contribution in [2.75, 3.05) is 5.32 Å². The summed E-state index contributed by atoms with van der Waals surface area (Å²) in [6.07, 6.45) is 3.17. The molecule has 0 amide bonds. The first-order valence-electron chi connectivity index (χ1n) is 7.22. The first-order valence-corrected chi connectivity index (χ1v) is 8.04. The molecule has 0 fully saturated rings. The van der Waals surface area contributed by atoms with Crippen LogP contribution in [0.4, 0.5) is 5.13 Å². The lowest BCUT2D eigenvalue weighted by Crippen LogP contribution is -1.98. The molecule has 0 bridgehead atoms. The van der Waals surface area contributed by atoms with Crippen molar-refractivity contribution >= 4 is 27.4 Å². The minimum absolute atomic E-state index is 0.615. The van der Waals surface area contributed by atoms with Gasteiger partial charge < -0.3 is 9.88 Å². The zero-order valence-electron chi connectivity index (χ0n) is 12.6. The third kappa shape index (κ3) is 3.08. The number of para-hydroxylation sites is 1. The van der Waals surface area contributed by atoms with Crippen LogP contribution >= 0.6 is 11.3 Å². The Bertz CT molecular complexity index is 742. The Morgan fingerprint density at radius 2 is 2.05 bits per heavy atom. The molecule has 1 aromatic carbocycles. The average Bonchev–Trinajstić information content (AvgIpc) is 3.02. The van der Waals surface area contributed by atoms with E-state index < -0.39 is 0 Å². The number of fused-ring (bicyclic) bond motifs is 1. The minimum Gasteiger partial charge on any atom is -0.356 e. The van der Waals surface area contributed by atoms with E-state index in [1.165, 1.54) is 16.5 Å². The number of hydrogen-bond acceptors (Lipinski definition) is 4. The Morgan fingerprint density at radius 1 is 1.24 bits per heavy atom. The summed E-state index contributed by atoms with van der Waals surface area (Å²) in [6, 6.07) is 8.46. The fraction of sp³-hybridized carbons (Fsp3) is 0.375. The zero-order valence-corrected chi connectivity index (χ0v) is 13.4. The van der Waals surface area contributed by atoms with Gasteiger partial charge in [0.25, 0.3) is 0 Å². The summed E-state index contributed by atoms with van der Waals surface area (Å²) in [6.45, 7) is 5.17. The molecule has 0 spiro atoms. The van der Waals surface area contributed by atoms with Gasteiger partial charge in [-0.1, -0.05) is 43.4 Å². The van der Waals surface area contributed by atoms with Crippen molar-refractivity contribution in [1.29, 1.82) is 0 Å². The van der Waals surface area contributed by atoms with Crippen LogP contribution in [0, 0.1) is 5.92 Å². The van der Waals surface area contributed by atoms with Crippen LogP contribution in [-0.4, -0.2) is 14.8 Å². The lowest BCUT2D eigenvalue weighted by molar-refractivity contribution is 0.640. The number of anilines is 1. The van der Waals surface area contributed by atoms with Crippen LogP contribution in [0.3, 0.4) is 0 Å². The number of aromatic nitrogens is 3. The van der Waals surface area contributed by atoms with E-state index in [-0.39, 0.29) is 0 Å². The molecule has 0 saturated heterocycles. The van der Waals surface area contributed by atoms with Gasteiger partial charge in [-0.2, -0.15) is 0 Å². The topological polar surface area (TPSA) is 42.7 Å². The highest BCUT2D eigenvalue weighted by Crippen LogP contribution is 2.23. The molecular formula is C16H20N4S. The number of rotatable bonds is 5. The standard InChI is InChI=1S/C16H20N4S/c1-11(2)8-15-18-19-16(21-15)17-9-12-10-20(3)14-7-5-4-6-13(12)14/h4-7,10-11H,8-9H2,1-3H3,(H,17,19). The second-order valence-electron chi connectivity index (χ2n) is 5.73. The van der Waals surface area contributed by atoms with Crippen LogP contribution in [0.5, 0.6) is 0 Å². The smallest absolute Gasteiger partial charge is 0.205 e. The molecule has 1 N–H and O–H groups in total. The van der Waals surface area contributed by atoms with E-state index in [9.17, 15) is 0 Å². The number of benzene rings is 1. The Labute approximate surface area is 128 Å². The highest BCUT2D eigenvalue weighted by atomic mass is 32.1. The van der Waals surface area contributed by atoms with Gasteiger partial charge in [0.15, 0.2) is 0 Å². The first kappa shape index (κ1) is 14.1. The molecule has 2 heterocycles. The van der Waals surface area contributed by atoms with Gasteiger partial charge in [0.2, 0.25) is 5.13 Å². The van der Waals surface area contributed by atoms with Gasteiger partial charge in [-0.3, -0.25) is 0 Å². The molecule has 0 unspecified atom stereocenters. The lowest BCUT2D eigenvalue weighted by atomic mass is 10.1. The van der Waals surface area contributed by atoms with E-state index in [2.05, 4.69) is 71.4 Å². The van der Waals surface area contributed by atoms with Crippen molar-refractivity contribution in [2.24, 2.45) is 13.0 Å². The van der Waals surface area contributed by atoms with Gasteiger partial charge in [-0.05, 0) is 17.5 Å². The van der Waals surface area contributed by atoms with Crippen LogP contribution < -0.4 is 5.32 Å². The second-order valence-corrected chi connectivity index (χ2v) is 6.80. The van der Waals surface area contributed by atoms with Crippen LogP contribution in [0.15, 0.2) is 30.5 Å². The molecule has 0 aliphatic carbocycles.